The van der Waals surface area contributed by atoms with Crippen LogP contribution in [0.5, 0.6) is 23.0 Å². The van der Waals surface area contributed by atoms with Crippen LogP contribution in [0.2, 0.25) is 0 Å². The number of ether oxygens (including phenoxy) is 3. The summed E-state index contributed by atoms with van der Waals surface area (Å²) in [5, 5.41) is 11.4. The second kappa shape index (κ2) is 20.9. The van der Waals surface area contributed by atoms with Crippen LogP contribution >= 0.6 is 0 Å². The van der Waals surface area contributed by atoms with Crippen molar-refractivity contribution >= 4 is 11.1 Å². The zero-order valence-electron chi connectivity index (χ0n) is 27.3. The van der Waals surface area contributed by atoms with Gasteiger partial charge in [-0.1, -0.05) is 117 Å². The van der Waals surface area contributed by atoms with E-state index in [1.165, 1.54) is 83.5 Å². The molecule has 0 saturated carbocycles. The van der Waals surface area contributed by atoms with Gasteiger partial charge in [0.25, 0.3) is 0 Å². The van der Waals surface area contributed by atoms with Gasteiger partial charge in [0.1, 0.15) is 11.3 Å². The minimum Gasteiger partial charge on any atom is -0.504 e. The van der Waals surface area contributed by atoms with Crippen molar-refractivity contribution in [1.82, 2.24) is 4.98 Å². The zero-order chi connectivity index (χ0) is 30.5. The van der Waals surface area contributed by atoms with E-state index in [0.29, 0.717) is 48.4 Å². The maximum Gasteiger partial charge on any atom is 0.231 e. The molecule has 1 heterocycles. The number of phenols is 1. The number of fused-ring (bicyclic) bond motifs is 1. The smallest absolute Gasteiger partial charge is 0.231 e. The van der Waals surface area contributed by atoms with Crippen molar-refractivity contribution in [2.24, 2.45) is 0 Å². The number of oxazole rings is 1. The van der Waals surface area contributed by atoms with Gasteiger partial charge in [0, 0.05) is 6.07 Å². The number of aromatic hydroxyl groups is 1. The topological polar surface area (TPSA) is 74.0 Å². The molecule has 6 heteroatoms. The normalized spacial score (nSPS) is 11.3. The predicted octanol–water partition coefficient (Wildman–Crippen LogP) is 11.4. The molecule has 43 heavy (non-hydrogen) atoms. The molecule has 0 aliphatic rings. The van der Waals surface area contributed by atoms with Crippen molar-refractivity contribution in [3.63, 3.8) is 0 Å². The number of rotatable bonds is 25. The number of aromatic nitrogens is 1. The van der Waals surface area contributed by atoms with Crippen LogP contribution in [0, 0.1) is 0 Å². The van der Waals surface area contributed by atoms with Gasteiger partial charge in [-0.05, 0) is 43.5 Å². The van der Waals surface area contributed by atoms with Crippen molar-refractivity contribution in [3.8, 4) is 34.5 Å². The number of unbranched alkanes of at least 4 members (excludes halogenated alkanes) is 15. The van der Waals surface area contributed by atoms with Crippen molar-refractivity contribution in [2.45, 2.75) is 136 Å². The maximum atomic E-state index is 11.4. The Bertz CT molecular complexity index is 1160. The fourth-order valence-electron chi connectivity index (χ4n) is 5.28. The molecule has 3 aromatic rings. The molecular weight excluding hydrogens is 538 g/mol. The Labute approximate surface area is 260 Å². The van der Waals surface area contributed by atoms with Gasteiger partial charge in [0.15, 0.2) is 17.1 Å². The molecule has 3 rings (SSSR count). The first kappa shape index (κ1) is 34.6. The summed E-state index contributed by atoms with van der Waals surface area (Å²) in [6, 6.07) is 9.40. The van der Waals surface area contributed by atoms with Gasteiger partial charge < -0.3 is 23.7 Å². The average molecular weight is 596 g/mol. The van der Waals surface area contributed by atoms with E-state index >= 15 is 0 Å². The van der Waals surface area contributed by atoms with E-state index in [1.807, 2.05) is 30.3 Å². The van der Waals surface area contributed by atoms with E-state index in [-0.39, 0.29) is 5.75 Å². The molecular formula is C37H57NO5. The van der Waals surface area contributed by atoms with E-state index < -0.39 is 0 Å². The van der Waals surface area contributed by atoms with Crippen molar-refractivity contribution < 1.29 is 23.7 Å². The predicted molar refractivity (Wildman–Crippen MR) is 178 cm³/mol. The lowest BCUT2D eigenvalue weighted by molar-refractivity contribution is 0.249. The van der Waals surface area contributed by atoms with E-state index in [4.69, 9.17) is 18.6 Å². The largest absolute Gasteiger partial charge is 0.504 e. The molecule has 0 atom stereocenters. The van der Waals surface area contributed by atoms with Crippen LogP contribution in [0.1, 0.15) is 136 Å². The highest BCUT2D eigenvalue weighted by molar-refractivity contribution is 5.80. The zero-order valence-corrected chi connectivity index (χ0v) is 27.3. The molecule has 6 nitrogen and oxygen atoms in total. The fourth-order valence-corrected chi connectivity index (χ4v) is 5.28. The van der Waals surface area contributed by atoms with Gasteiger partial charge in [0.2, 0.25) is 11.6 Å². The molecule has 1 aromatic heterocycles. The van der Waals surface area contributed by atoms with E-state index in [9.17, 15) is 5.11 Å². The summed E-state index contributed by atoms with van der Waals surface area (Å²) in [5.41, 5.74) is 1.85. The second-order valence-electron chi connectivity index (χ2n) is 11.8. The summed E-state index contributed by atoms with van der Waals surface area (Å²) in [6.07, 6.45) is 21.6. The first-order valence-corrected chi connectivity index (χ1v) is 17.3. The van der Waals surface area contributed by atoms with Crippen LogP contribution in [0.15, 0.2) is 34.7 Å². The molecule has 0 radical (unpaired) electrons. The lowest BCUT2D eigenvalue weighted by Crippen LogP contribution is -2.03. The standard InChI is InChI=1S/C37H57NO5/c1-4-7-10-13-16-19-26-40-30-22-24-32-34(29-30)43-37(38-32)31-23-25-33(41-27-20-17-14-11-8-5-2)36(35(31)39)42-28-21-18-15-12-9-6-3/h22-25,29,39H,4-21,26-28H2,1-3H3. The highest BCUT2D eigenvalue weighted by atomic mass is 16.5. The molecule has 0 amide bonds. The summed E-state index contributed by atoms with van der Waals surface area (Å²) in [5.74, 6) is 2.09. The molecule has 240 valence electrons. The lowest BCUT2D eigenvalue weighted by Gasteiger charge is -2.16. The van der Waals surface area contributed by atoms with Crippen LogP contribution in [0.3, 0.4) is 0 Å². The van der Waals surface area contributed by atoms with E-state index in [0.717, 1.165) is 43.4 Å². The molecule has 0 aliphatic carbocycles. The van der Waals surface area contributed by atoms with Crippen LogP contribution < -0.4 is 14.2 Å². The Kier molecular flexibility index (Phi) is 16.8. The van der Waals surface area contributed by atoms with Crippen molar-refractivity contribution in [3.05, 3.63) is 30.3 Å². The molecule has 0 spiro atoms. The van der Waals surface area contributed by atoms with E-state index in [2.05, 4.69) is 25.8 Å². The van der Waals surface area contributed by atoms with Crippen LogP contribution in [-0.2, 0) is 0 Å². The molecule has 1 N–H and O–H groups in total. The number of hydrogen-bond acceptors (Lipinski definition) is 6. The Morgan fingerprint density at radius 3 is 1.74 bits per heavy atom. The number of nitrogens with zero attached hydrogens (tertiary/aromatic N) is 1. The minimum absolute atomic E-state index is 0.0116. The van der Waals surface area contributed by atoms with E-state index in [1.54, 1.807) is 0 Å². The fraction of sp³-hybridized carbons (Fsp3) is 0.649. The van der Waals surface area contributed by atoms with Gasteiger partial charge in [-0.2, -0.15) is 0 Å². The van der Waals surface area contributed by atoms with Gasteiger partial charge >= 0.3 is 0 Å². The third-order valence-corrected chi connectivity index (χ3v) is 7.95. The first-order chi connectivity index (χ1) is 21.2. The summed E-state index contributed by atoms with van der Waals surface area (Å²) in [6.45, 7) is 8.52. The summed E-state index contributed by atoms with van der Waals surface area (Å²) < 4.78 is 24.4. The Balaban J connectivity index is 1.65. The third kappa shape index (κ3) is 12.3. The van der Waals surface area contributed by atoms with Crippen molar-refractivity contribution in [2.75, 3.05) is 19.8 Å². The molecule has 0 saturated heterocycles. The average Bonchev–Trinajstić information content (AvgIpc) is 3.44. The molecule has 0 unspecified atom stereocenters. The van der Waals surface area contributed by atoms with Gasteiger partial charge in [-0.25, -0.2) is 4.98 Å². The summed E-state index contributed by atoms with van der Waals surface area (Å²) in [4.78, 5) is 4.66. The van der Waals surface area contributed by atoms with Gasteiger partial charge in [-0.3, -0.25) is 0 Å². The van der Waals surface area contributed by atoms with Crippen LogP contribution in [-0.4, -0.2) is 29.9 Å². The second-order valence-corrected chi connectivity index (χ2v) is 11.8. The van der Waals surface area contributed by atoms with Crippen molar-refractivity contribution in [1.29, 1.82) is 0 Å². The third-order valence-electron chi connectivity index (χ3n) is 7.95. The van der Waals surface area contributed by atoms with Crippen LogP contribution in [0.25, 0.3) is 22.6 Å². The highest BCUT2D eigenvalue weighted by Crippen LogP contribution is 2.44. The number of benzene rings is 2. The lowest BCUT2D eigenvalue weighted by atomic mass is 10.1. The number of hydrogen-bond donors (Lipinski definition) is 1. The monoisotopic (exact) mass is 595 g/mol. The Morgan fingerprint density at radius 1 is 0.605 bits per heavy atom. The SMILES string of the molecule is CCCCCCCCOc1ccc2nc(-c3ccc(OCCCCCCCC)c(OCCCCCCCC)c3O)oc2c1. The maximum absolute atomic E-state index is 11.4. The van der Waals surface area contributed by atoms with Gasteiger partial charge in [-0.15, -0.1) is 0 Å². The highest BCUT2D eigenvalue weighted by Gasteiger charge is 2.21. The molecule has 0 aliphatic heterocycles. The van der Waals surface area contributed by atoms with Crippen LogP contribution in [0.4, 0.5) is 0 Å². The Hall–Kier alpha value is -2.89. The summed E-state index contributed by atoms with van der Waals surface area (Å²) >= 11 is 0. The molecule has 0 bridgehead atoms. The van der Waals surface area contributed by atoms with Gasteiger partial charge in [0.05, 0.1) is 25.4 Å². The molecule has 2 aromatic carbocycles. The summed E-state index contributed by atoms with van der Waals surface area (Å²) in [7, 11) is 0. The Morgan fingerprint density at radius 2 is 1.14 bits per heavy atom. The molecule has 0 fully saturated rings. The first-order valence-electron chi connectivity index (χ1n) is 17.3. The number of phenolic OH excluding ortho intramolecular Hbond substituents is 1. The minimum atomic E-state index is 0.0116. The quantitative estimate of drug-likeness (QED) is 0.0982.